The van der Waals surface area contributed by atoms with Gasteiger partial charge in [-0.15, -0.1) is 0 Å². The predicted octanol–water partition coefficient (Wildman–Crippen LogP) is 22.0. The maximum atomic E-state index is 12.9. The van der Waals surface area contributed by atoms with E-state index in [2.05, 4.69) is 118 Å². The summed E-state index contributed by atoms with van der Waals surface area (Å²) in [6.45, 7) is 6.50. The second-order valence-corrected chi connectivity index (χ2v) is 21.3. The number of unbranched alkanes of at least 4 members (excludes halogenated alkanes) is 31. The lowest BCUT2D eigenvalue weighted by Gasteiger charge is -2.18. The van der Waals surface area contributed by atoms with E-state index in [1.807, 2.05) is 0 Å². The van der Waals surface area contributed by atoms with E-state index in [0.29, 0.717) is 19.3 Å². The molecule has 0 saturated carbocycles. The summed E-state index contributed by atoms with van der Waals surface area (Å²) in [4.78, 5) is 38.1. The standard InChI is InChI=1S/C70H120O6/c1-4-7-10-13-16-18-20-22-24-26-28-30-31-32-33-34-35-36-37-38-39-40-42-43-45-47-49-51-54-57-60-63-69(72)75-66-67(65-74-68(71)62-59-56-53-15-12-9-6-3)76-70(73)64-61-58-55-52-50-48-46-44-41-29-27-25-23-21-19-17-14-11-8-5-2/h7,10,16,18,22,24,28,30,32-33,35-36,38-39,42-43,67H,4-6,8-9,11-15,17,19-21,23,25-27,29,31,34,37,40-41,44-66H2,1-3H3/b10-7-,18-16-,24-22-,30-28-,33-32-,36-35-,39-38-,43-42-. The van der Waals surface area contributed by atoms with Crippen molar-refractivity contribution in [3.8, 4) is 0 Å². The van der Waals surface area contributed by atoms with Gasteiger partial charge in [0.1, 0.15) is 13.2 Å². The van der Waals surface area contributed by atoms with Crippen LogP contribution in [-0.4, -0.2) is 37.2 Å². The van der Waals surface area contributed by atoms with Crippen LogP contribution in [0.1, 0.15) is 310 Å². The third-order valence-electron chi connectivity index (χ3n) is 13.9. The lowest BCUT2D eigenvalue weighted by atomic mass is 10.0. The van der Waals surface area contributed by atoms with E-state index in [-0.39, 0.29) is 31.1 Å². The van der Waals surface area contributed by atoms with Crippen molar-refractivity contribution in [1.82, 2.24) is 0 Å². The summed E-state index contributed by atoms with van der Waals surface area (Å²) in [5.41, 5.74) is 0. The van der Waals surface area contributed by atoms with Crippen molar-refractivity contribution in [2.75, 3.05) is 13.2 Å². The van der Waals surface area contributed by atoms with Crippen LogP contribution in [0.25, 0.3) is 0 Å². The second kappa shape index (κ2) is 63.9. The molecule has 0 spiro atoms. The molecule has 0 aromatic heterocycles. The van der Waals surface area contributed by atoms with E-state index in [9.17, 15) is 14.4 Å². The highest BCUT2D eigenvalue weighted by Crippen LogP contribution is 2.17. The molecule has 0 N–H and O–H groups in total. The van der Waals surface area contributed by atoms with Gasteiger partial charge < -0.3 is 14.2 Å². The van der Waals surface area contributed by atoms with Gasteiger partial charge in [-0.3, -0.25) is 14.4 Å². The van der Waals surface area contributed by atoms with Crippen molar-refractivity contribution in [3.05, 3.63) is 97.2 Å². The molecule has 6 nitrogen and oxygen atoms in total. The number of allylic oxidation sites excluding steroid dienone is 16. The molecule has 0 saturated heterocycles. The molecule has 0 radical (unpaired) electrons. The smallest absolute Gasteiger partial charge is 0.306 e. The fraction of sp³-hybridized carbons (Fsp3) is 0.729. The minimum Gasteiger partial charge on any atom is -0.462 e. The molecule has 0 aliphatic rings. The largest absolute Gasteiger partial charge is 0.462 e. The summed E-state index contributed by atoms with van der Waals surface area (Å²) in [7, 11) is 0. The van der Waals surface area contributed by atoms with E-state index in [0.717, 1.165) is 122 Å². The number of rotatable bonds is 58. The highest BCUT2D eigenvalue weighted by Gasteiger charge is 2.19. The van der Waals surface area contributed by atoms with Gasteiger partial charge in [-0.05, 0) is 83.5 Å². The van der Waals surface area contributed by atoms with Crippen molar-refractivity contribution in [2.45, 2.75) is 316 Å². The minimum absolute atomic E-state index is 0.0788. The molecule has 0 aliphatic carbocycles. The summed E-state index contributed by atoms with van der Waals surface area (Å²) in [6, 6.07) is 0. The third-order valence-corrected chi connectivity index (χ3v) is 13.9. The first-order valence-electron chi connectivity index (χ1n) is 32.2. The molecule has 1 unspecified atom stereocenters. The van der Waals surface area contributed by atoms with E-state index < -0.39 is 6.10 Å². The Bertz CT molecular complexity index is 1490. The molecule has 0 aliphatic heterocycles. The van der Waals surface area contributed by atoms with Crippen LogP contribution >= 0.6 is 0 Å². The number of hydrogen-bond acceptors (Lipinski definition) is 6. The first-order valence-corrected chi connectivity index (χ1v) is 32.2. The van der Waals surface area contributed by atoms with E-state index in [4.69, 9.17) is 14.2 Å². The molecule has 0 rings (SSSR count). The number of ether oxygens (including phenoxy) is 3. The highest BCUT2D eigenvalue weighted by molar-refractivity contribution is 5.71. The molecule has 0 bridgehead atoms. The van der Waals surface area contributed by atoms with Crippen LogP contribution in [0.3, 0.4) is 0 Å². The van der Waals surface area contributed by atoms with Gasteiger partial charge >= 0.3 is 17.9 Å². The lowest BCUT2D eigenvalue weighted by molar-refractivity contribution is -0.167. The van der Waals surface area contributed by atoms with Crippen LogP contribution in [0.2, 0.25) is 0 Å². The van der Waals surface area contributed by atoms with Crippen molar-refractivity contribution < 1.29 is 28.6 Å². The summed E-state index contributed by atoms with van der Waals surface area (Å²) >= 11 is 0. The predicted molar refractivity (Wildman–Crippen MR) is 330 cm³/mol. The Morgan fingerprint density at radius 1 is 0.276 bits per heavy atom. The van der Waals surface area contributed by atoms with E-state index in [1.54, 1.807) is 0 Å². The fourth-order valence-electron chi connectivity index (χ4n) is 9.05. The summed E-state index contributed by atoms with van der Waals surface area (Å²) in [6.07, 6.45) is 85.8. The maximum Gasteiger partial charge on any atom is 0.306 e. The Labute approximate surface area is 470 Å². The zero-order valence-electron chi connectivity index (χ0n) is 50.0. The Hall–Kier alpha value is -3.67. The molecule has 0 amide bonds. The second-order valence-electron chi connectivity index (χ2n) is 21.3. The molecule has 6 heteroatoms. The normalized spacial score (nSPS) is 12.7. The van der Waals surface area contributed by atoms with Crippen LogP contribution in [0.5, 0.6) is 0 Å². The number of carbonyl (C=O) groups excluding carboxylic acids is 3. The monoisotopic (exact) mass is 1060 g/mol. The highest BCUT2D eigenvalue weighted by atomic mass is 16.6. The van der Waals surface area contributed by atoms with Gasteiger partial charge in [0.15, 0.2) is 6.10 Å². The van der Waals surface area contributed by atoms with Gasteiger partial charge in [0.2, 0.25) is 0 Å². The first-order chi connectivity index (χ1) is 37.5. The topological polar surface area (TPSA) is 78.9 Å². The van der Waals surface area contributed by atoms with Crippen molar-refractivity contribution >= 4 is 17.9 Å². The SMILES string of the molecule is CC/C=C\C/C=C\C/C=C\C/C=C\C/C=C\C/C=C\C/C=C\C/C=C\CCCCCCCCC(=O)OCC(COC(=O)CCCCCCCCC)OC(=O)CCCCCCCCCCCCCCCCCCCCCC. The molecule has 1 atom stereocenters. The number of esters is 3. The number of hydrogen-bond donors (Lipinski definition) is 0. The zero-order chi connectivity index (χ0) is 55.0. The van der Waals surface area contributed by atoms with Gasteiger partial charge in [0.25, 0.3) is 0 Å². The van der Waals surface area contributed by atoms with E-state index in [1.165, 1.54) is 148 Å². The maximum absolute atomic E-state index is 12.9. The van der Waals surface area contributed by atoms with Crippen LogP contribution in [0.15, 0.2) is 97.2 Å². The Morgan fingerprint density at radius 3 is 0.803 bits per heavy atom. The molecule has 436 valence electrons. The Morgan fingerprint density at radius 2 is 0.513 bits per heavy atom. The summed E-state index contributed by atoms with van der Waals surface area (Å²) in [5, 5.41) is 0. The van der Waals surface area contributed by atoms with E-state index >= 15 is 0 Å². The van der Waals surface area contributed by atoms with Crippen molar-refractivity contribution in [1.29, 1.82) is 0 Å². The average Bonchev–Trinajstić information content (AvgIpc) is 3.42. The average molecular weight is 1060 g/mol. The Balaban J connectivity index is 4.17. The summed E-state index contributed by atoms with van der Waals surface area (Å²) in [5.74, 6) is -0.890. The minimum atomic E-state index is -0.780. The lowest BCUT2D eigenvalue weighted by Crippen LogP contribution is -2.30. The van der Waals surface area contributed by atoms with Crippen LogP contribution in [-0.2, 0) is 28.6 Å². The Kier molecular flexibility index (Phi) is 60.8. The molecule has 0 heterocycles. The quantitative estimate of drug-likeness (QED) is 0.0261. The van der Waals surface area contributed by atoms with Crippen LogP contribution in [0, 0.1) is 0 Å². The van der Waals surface area contributed by atoms with Gasteiger partial charge in [0.05, 0.1) is 0 Å². The van der Waals surface area contributed by atoms with Gasteiger partial charge in [0, 0.05) is 19.3 Å². The molecule has 76 heavy (non-hydrogen) atoms. The van der Waals surface area contributed by atoms with Crippen LogP contribution < -0.4 is 0 Å². The zero-order valence-corrected chi connectivity index (χ0v) is 50.0. The third kappa shape index (κ3) is 61.2. The van der Waals surface area contributed by atoms with Crippen molar-refractivity contribution in [3.63, 3.8) is 0 Å². The van der Waals surface area contributed by atoms with Gasteiger partial charge in [-0.1, -0.05) is 304 Å². The fourth-order valence-corrected chi connectivity index (χ4v) is 9.05. The molecule has 0 aromatic rings. The molecular formula is C70H120O6. The molecule has 0 aromatic carbocycles. The summed E-state index contributed by atoms with van der Waals surface area (Å²) < 4.78 is 16.8. The first kappa shape index (κ1) is 72.3. The molecular weight excluding hydrogens is 937 g/mol. The van der Waals surface area contributed by atoms with Gasteiger partial charge in [-0.2, -0.15) is 0 Å². The van der Waals surface area contributed by atoms with Crippen molar-refractivity contribution in [2.24, 2.45) is 0 Å². The van der Waals surface area contributed by atoms with Gasteiger partial charge in [-0.25, -0.2) is 0 Å². The van der Waals surface area contributed by atoms with Crippen LogP contribution in [0.4, 0.5) is 0 Å². The molecule has 0 fully saturated rings. The number of carbonyl (C=O) groups is 3.